The molecule has 4 heteroatoms. The molecular weight excluding hydrogens is 264 g/mol. The van der Waals surface area contributed by atoms with Crippen molar-refractivity contribution in [2.45, 2.75) is 13.0 Å². The minimum atomic E-state index is 0.0527. The van der Waals surface area contributed by atoms with Crippen molar-refractivity contribution in [2.75, 3.05) is 26.2 Å². The van der Waals surface area contributed by atoms with Crippen LogP contribution in [0.4, 0.5) is 0 Å². The van der Waals surface area contributed by atoms with E-state index in [9.17, 15) is 4.79 Å². The van der Waals surface area contributed by atoms with Crippen molar-refractivity contribution in [2.24, 2.45) is 0 Å². The smallest absolute Gasteiger partial charge is 0.260 e. The van der Waals surface area contributed by atoms with E-state index in [1.807, 2.05) is 47.4 Å². The zero-order valence-corrected chi connectivity index (χ0v) is 12.2. The van der Waals surface area contributed by atoms with Gasteiger partial charge in [0, 0.05) is 31.1 Å². The molecule has 0 saturated carbocycles. The molecule has 1 aliphatic heterocycles. The second-order valence-electron chi connectivity index (χ2n) is 5.41. The van der Waals surface area contributed by atoms with E-state index in [4.69, 9.17) is 4.74 Å². The van der Waals surface area contributed by atoms with Crippen molar-refractivity contribution in [1.82, 2.24) is 10.2 Å². The number of ether oxygens (including phenoxy) is 1. The second kappa shape index (κ2) is 6.14. The number of carbonyl (C=O) groups is 1. The summed E-state index contributed by atoms with van der Waals surface area (Å²) in [5.41, 5.74) is 0. The topological polar surface area (TPSA) is 41.6 Å². The van der Waals surface area contributed by atoms with Gasteiger partial charge in [-0.1, -0.05) is 36.4 Å². The van der Waals surface area contributed by atoms with Gasteiger partial charge < -0.3 is 15.0 Å². The molecule has 1 atom stereocenters. The summed E-state index contributed by atoms with van der Waals surface area (Å²) >= 11 is 0. The van der Waals surface area contributed by atoms with Crippen LogP contribution in [0.5, 0.6) is 5.75 Å². The Bertz CT molecular complexity index is 636. The number of piperazine rings is 1. The molecule has 0 aliphatic carbocycles. The Morgan fingerprint density at radius 2 is 2.10 bits per heavy atom. The van der Waals surface area contributed by atoms with Gasteiger partial charge in [-0.25, -0.2) is 0 Å². The van der Waals surface area contributed by atoms with Crippen molar-refractivity contribution < 1.29 is 9.53 Å². The molecule has 1 unspecified atom stereocenters. The number of amides is 1. The maximum Gasteiger partial charge on any atom is 0.260 e. The average Bonchev–Trinajstić information content (AvgIpc) is 2.53. The minimum absolute atomic E-state index is 0.0527. The highest BCUT2D eigenvalue weighted by atomic mass is 16.5. The summed E-state index contributed by atoms with van der Waals surface area (Å²) < 4.78 is 5.77. The average molecular weight is 284 g/mol. The van der Waals surface area contributed by atoms with Crippen LogP contribution in [0.15, 0.2) is 42.5 Å². The van der Waals surface area contributed by atoms with E-state index in [2.05, 4.69) is 12.2 Å². The Morgan fingerprint density at radius 1 is 1.29 bits per heavy atom. The monoisotopic (exact) mass is 284 g/mol. The van der Waals surface area contributed by atoms with Crippen LogP contribution in [0.25, 0.3) is 10.8 Å². The lowest BCUT2D eigenvalue weighted by Crippen LogP contribution is -2.53. The molecule has 1 amide bonds. The van der Waals surface area contributed by atoms with Gasteiger partial charge in [0.25, 0.3) is 5.91 Å². The molecule has 0 spiro atoms. The van der Waals surface area contributed by atoms with Gasteiger partial charge in [0.2, 0.25) is 0 Å². The van der Waals surface area contributed by atoms with Gasteiger partial charge in [-0.2, -0.15) is 0 Å². The highest BCUT2D eigenvalue weighted by molar-refractivity contribution is 5.88. The summed E-state index contributed by atoms with van der Waals surface area (Å²) in [6, 6.07) is 14.2. The van der Waals surface area contributed by atoms with Gasteiger partial charge in [0.1, 0.15) is 5.75 Å². The second-order valence-corrected chi connectivity index (χ2v) is 5.41. The first-order chi connectivity index (χ1) is 10.3. The van der Waals surface area contributed by atoms with Crippen LogP contribution in [0.3, 0.4) is 0 Å². The number of carbonyl (C=O) groups excluding carboxylic acids is 1. The summed E-state index contributed by atoms with van der Waals surface area (Å²) in [4.78, 5) is 14.2. The van der Waals surface area contributed by atoms with Gasteiger partial charge in [0.15, 0.2) is 6.61 Å². The fraction of sp³-hybridized carbons (Fsp3) is 0.353. The summed E-state index contributed by atoms with van der Waals surface area (Å²) in [5, 5.41) is 5.45. The van der Waals surface area contributed by atoms with Crippen LogP contribution >= 0.6 is 0 Å². The molecule has 1 saturated heterocycles. The number of hydrogen-bond donors (Lipinski definition) is 1. The minimum Gasteiger partial charge on any atom is -0.483 e. The summed E-state index contributed by atoms with van der Waals surface area (Å²) in [6.07, 6.45) is 0. The summed E-state index contributed by atoms with van der Waals surface area (Å²) in [5.74, 6) is 0.821. The maximum absolute atomic E-state index is 12.3. The van der Waals surface area contributed by atoms with Crippen molar-refractivity contribution in [3.05, 3.63) is 42.5 Å². The van der Waals surface area contributed by atoms with Crippen molar-refractivity contribution >= 4 is 16.7 Å². The first kappa shape index (κ1) is 13.9. The Balaban J connectivity index is 1.70. The predicted octanol–water partition coefficient (Wildman–Crippen LogP) is 2.04. The number of nitrogens with zero attached hydrogens (tertiary/aromatic N) is 1. The van der Waals surface area contributed by atoms with Gasteiger partial charge >= 0.3 is 0 Å². The lowest BCUT2D eigenvalue weighted by atomic mass is 10.1. The molecule has 0 aromatic heterocycles. The molecule has 1 heterocycles. The fourth-order valence-electron chi connectivity index (χ4n) is 2.76. The molecule has 1 N–H and O–H groups in total. The predicted molar refractivity (Wildman–Crippen MR) is 83.5 cm³/mol. The number of hydrogen-bond acceptors (Lipinski definition) is 3. The third-order valence-corrected chi connectivity index (χ3v) is 3.92. The lowest BCUT2D eigenvalue weighted by Gasteiger charge is -2.33. The number of nitrogens with one attached hydrogen (secondary N) is 1. The number of fused-ring (bicyclic) bond motifs is 1. The van der Waals surface area contributed by atoms with Gasteiger partial charge in [0.05, 0.1) is 0 Å². The van der Waals surface area contributed by atoms with Crippen molar-refractivity contribution in [1.29, 1.82) is 0 Å². The summed E-state index contributed by atoms with van der Waals surface area (Å²) in [6.45, 7) is 4.60. The van der Waals surface area contributed by atoms with Crippen LogP contribution < -0.4 is 10.1 Å². The first-order valence-electron chi connectivity index (χ1n) is 7.36. The van der Waals surface area contributed by atoms with Crippen molar-refractivity contribution in [3.8, 4) is 5.75 Å². The molecule has 2 aromatic rings. The van der Waals surface area contributed by atoms with E-state index in [1.165, 1.54) is 0 Å². The van der Waals surface area contributed by atoms with Crippen LogP contribution in [0.2, 0.25) is 0 Å². The van der Waals surface area contributed by atoms with E-state index in [0.717, 1.165) is 36.2 Å². The normalized spacial score (nSPS) is 18.7. The van der Waals surface area contributed by atoms with E-state index in [0.29, 0.717) is 0 Å². The van der Waals surface area contributed by atoms with E-state index >= 15 is 0 Å². The SMILES string of the molecule is CC1CNCCN1C(=O)COc1cccc2ccccc12. The van der Waals surface area contributed by atoms with Gasteiger partial charge in [-0.3, -0.25) is 4.79 Å². The molecule has 0 radical (unpaired) electrons. The van der Waals surface area contributed by atoms with E-state index in [1.54, 1.807) is 0 Å². The van der Waals surface area contributed by atoms with E-state index < -0.39 is 0 Å². The highest BCUT2D eigenvalue weighted by Crippen LogP contribution is 2.25. The summed E-state index contributed by atoms with van der Waals surface area (Å²) in [7, 11) is 0. The Labute approximate surface area is 124 Å². The molecule has 110 valence electrons. The Hall–Kier alpha value is -2.07. The quantitative estimate of drug-likeness (QED) is 0.938. The Kier molecular flexibility index (Phi) is 4.06. The van der Waals surface area contributed by atoms with Gasteiger partial charge in [-0.05, 0) is 18.4 Å². The van der Waals surface area contributed by atoms with Crippen LogP contribution in [0.1, 0.15) is 6.92 Å². The first-order valence-corrected chi connectivity index (χ1v) is 7.36. The fourth-order valence-corrected chi connectivity index (χ4v) is 2.76. The molecule has 1 aliphatic rings. The van der Waals surface area contributed by atoms with E-state index in [-0.39, 0.29) is 18.6 Å². The molecular formula is C17H20N2O2. The number of benzene rings is 2. The van der Waals surface area contributed by atoms with Crippen molar-refractivity contribution in [3.63, 3.8) is 0 Å². The molecule has 3 rings (SSSR count). The maximum atomic E-state index is 12.3. The van der Waals surface area contributed by atoms with Crippen LogP contribution in [-0.2, 0) is 4.79 Å². The highest BCUT2D eigenvalue weighted by Gasteiger charge is 2.23. The Morgan fingerprint density at radius 3 is 2.95 bits per heavy atom. The standard InChI is InChI=1S/C17H20N2O2/c1-13-11-18-9-10-19(13)17(20)12-21-16-8-4-6-14-5-2-3-7-15(14)16/h2-8,13,18H,9-12H2,1H3. The molecule has 21 heavy (non-hydrogen) atoms. The number of rotatable bonds is 3. The molecule has 1 fully saturated rings. The molecule has 4 nitrogen and oxygen atoms in total. The lowest BCUT2D eigenvalue weighted by molar-refractivity contribution is -0.136. The molecule has 0 bridgehead atoms. The van der Waals surface area contributed by atoms with Crippen LogP contribution in [0, 0.1) is 0 Å². The zero-order chi connectivity index (χ0) is 14.7. The third-order valence-electron chi connectivity index (χ3n) is 3.92. The largest absolute Gasteiger partial charge is 0.483 e. The zero-order valence-electron chi connectivity index (χ0n) is 12.2. The molecule has 2 aromatic carbocycles. The third kappa shape index (κ3) is 3.00. The van der Waals surface area contributed by atoms with Crippen LogP contribution in [-0.4, -0.2) is 43.1 Å². The van der Waals surface area contributed by atoms with Gasteiger partial charge in [-0.15, -0.1) is 0 Å².